The molecule has 0 aliphatic rings. The average molecular weight is 236 g/mol. The van der Waals surface area contributed by atoms with Gasteiger partial charge >= 0.3 is 0 Å². The van der Waals surface area contributed by atoms with Gasteiger partial charge < -0.3 is 15.8 Å². The molecule has 0 aliphatic heterocycles. The van der Waals surface area contributed by atoms with Crippen LogP contribution in [0.5, 0.6) is 5.75 Å². The predicted molar refractivity (Wildman–Crippen MR) is 68.0 cm³/mol. The lowest BCUT2D eigenvalue weighted by molar-refractivity contribution is -0.120. The third-order valence-electron chi connectivity index (χ3n) is 2.30. The fourth-order valence-corrected chi connectivity index (χ4v) is 1.45. The van der Waals surface area contributed by atoms with E-state index in [2.05, 4.69) is 5.32 Å². The Bertz CT molecular complexity index is 336. The van der Waals surface area contributed by atoms with Crippen LogP contribution < -0.4 is 15.8 Å². The molecule has 0 aliphatic carbocycles. The van der Waals surface area contributed by atoms with Crippen molar-refractivity contribution >= 4 is 5.91 Å². The van der Waals surface area contributed by atoms with Crippen LogP contribution in [0, 0.1) is 0 Å². The van der Waals surface area contributed by atoms with Crippen LogP contribution in [0.2, 0.25) is 0 Å². The van der Waals surface area contributed by atoms with Gasteiger partial charge in [0.1, 0.15) is 5.75 Å². The minimum absolute atomic E-state index is 0.0302. The topological polar surface area (TPSA) is 64.3 Å². The molecular formula is C13H20N2O2. The van der Waals surface area contributed by atoms with Crippen LogP contribution >= 0.6 is 0 Å². The lowest BCUT2D eigenvalue weighted by atomic mass is 10.1. The van der Waals surface area contributed by atoms with E-state index in [1.807, 2.05) is 31.2 Å². The van der Waals surface area contributed by atoms with Gasteiger partial charge in [-0.15, -0.1) is 0 Å². The van der Waals surface area contributed by atoms with Gasteiger partial charge in [-0.3, -0.25) is 4.79 Å². The van der Waals surface area contributed by atoms with Crippen molar-refractivity contribution < 1.29 is 9.53 Å². The van der Waals surface area contributed by atoms with Crippen LogP contribution in [-0.4, -0.2) is 25.6 Å². The fourth-order valence-electron chi connectivity index (χ4n) is 1.45. The first-order valence-corrected chi connectivity index (χ1v) is 5.94. The standard InChI is InChI=1S/C13H20N2O2/c1-2-17-12-6-4-11(5-7-12)10-13(16)15-9-3-8-14/h4-7H,2-3,8-10,14H2,1H3,(H,15,16). The zero-order chi connectivity index (χ0) is 12.5. The highest BCUT2D eigenvalue weighted by atomic mass is 16.5. The molecular weight excluding hydrogens is 216 g/mol. The largest absolute Gasteiger partial charge is 0.494 e. The van der Waals surface area contributed by atoms with E-state index in [1.54, 1.807) is 0 Å². The number of rotatable bonds is 7. The van der Waals surface area contributed by atoms with Gasteiger partial charge in [-0.25, -0.2) is 0 Å². The molecule has 1 rings (SSSR count). The summed E-state index contributed by atoms with van der Waals surface area (Å²) < 4.78 is 5.33. The number of hydrogen-bond acceptors (Lipinski definition) is 3. The average Bonchev–Trinajstić information content (AvgIpc) is 2.32. The smallest absolute Gasteiger partial charge is 0.224 e. The maximum Gasteiger partial charge on any atom is 0.224 e. The quantitative estimate of drug-likeness (QED) is 0.697. The summed E-state index contributed by atoms with van der Waals surface area (Å²) in [6, 6.07) is 7.58. The Morgan fingerprint density at radius 3 is 2.65 bits per heavy atom. The molecule has 1 amide bonds. The van der Waals surface area contributed by atoms with E-state index < -0.39 is 0 Å². The molecule has 0 unspecified atom stereocenters. The van der Waals surface area contributed by atoms with Gasteiger partial charge in [0.05, 0.1) is 13.0 Å². The van der Waals surface area contributed by atoms with E-state index in [0.29, 0.717) is 26.1 Å². The Kier molecular flexibility index (Phi) is 6.10. The number of benzene rings is 1. The molecule has 0 heterocycles. The van der Waals surface area contributed by atoms with Gasteiger partial charge in [-0.05, 0) is 37.6 Å². The van der Waals surface area contributed by atoms with E-state index in [4.69, 9.17) is 10.5 Å². The highest BCUT2D eigenvalue weighted by Crippen LogP contribution is 2.12. The molecule has 0 spiro atoms. The molecule has 1 aromatic rings. The van der Waals surface area contributed by atoms with Crippen molar-refractivity contribution in [1.29, 1.82) is 0 Å². The Morgan fingerprint density at radius 1 is 1.35 bits per heavy atom. The highest BCUT2D eigenvalue weighted by Gasteiger charge is 2.02. The molecule has 1 aromatic carbocycles. The van der Waals surface area contributed by atoms with Crippen molar-refractivity contribution in [1.82, 2.24) is 5.32 Å². The van der Waals surface area contributed by atoms with Crippen molar-refractivity contribution in [2.75, 3.05) is 19.7 Å². The van der Waals surface area contributed by atoms with Gasteiger partial charge in [0, 0.05) is 6.54 Å². The van der Waals surface area contributed by atoms with Gasteiger partial charge in [0.15, 0.2) is 0 Å². The van der Waals surface area contributed by atoms with Crippen LogP contribution in [0.1, 0.15) is 18.9 Å². The van der Waals surface area contributed by atoms with Gasteiger partial charge in [0.2, 0.25) is 5.91 Å². The minimum Gasteiger partial charge on any atom is -0.494 e. The van der Waals surface area contributed by atoms with E-state index in [9.17, 15) is 4.79 Å². The maximum atomic E-state index is 11.5. The molecule has 0 radical (unpaired) electrons. The van der Waals surface area contributed by atoms with Crippen molar-refractivity contribution in [3.8, 4) is 5.75 Å². The summed E-state index contributed by atoms with van der Waals surface area (Å²) in [4.78, 5) is 11.5. The molecule has 0 saturated heterocycles. The number of nitrogens with two attached hydrogens (primary N) is 1. The summed E-state index contributed by atoms with van der Waals surface area (Å²) in [7, 11) is 0. The second-order valence-corrected chi connectivity index (χ2v) is 3.75. The molecule has 3 N–H and O–H groups in total. The third-order valence-corrected chi connectivity index (χ3v) is 2.30. The minimum atomic E-state index is 0.0302. The molecule has 94 valence electrons. The highest BCUT2D eigenvalue weighted by molar-refractivity contribution is 5.78. The van der Waals surface area contributed by atoms with Crippen molar-refractivity contribution in [3.63, 3.8) is 0 Å². The second-order valence-electron chi connectivity index (χ2n) is 3.75. The Hall–Kier alpha value is -1.55. The van der Waals surface area contributed by atoms with Crippen molar-refractivity contribution in [2.24, 2.45) is 5.73 Å². The normalized spacial score (nSPS) is 10.0. The van der Waals surface area contributed by atoms with Crippen LogP contribution in [0.25, 0.3) is 0 Å². The predicted octanol–water partition coefficient (Wildman–Crippen LogP) is 1.09. The third kappa shape index (κ3) is 5.36. The zero-order valence-electron chi connectivity index (χ0n) is 10.2. The van der Waals surface area contributed by atoms with Crippen LogP contribution in [0.3, 0.4) is 0 Å². The first-order valence-electron chi connectivity index (χ1n) is 5.94. The maximum absolute atomic E-state index is 11.5. The lowest BCUT2D eigenvalue weighted by Gasteiger charge is -2.06. The summed E-state index contributed by atoms with van der Waals surface area (Å²) in [5.74, 6) is 0.863. The van der Waals surface area contributed by atoms with Gasteiger partial charge in [-0.2, -0.15) is 0 Å². The number of amides is 1. The summed E-state index contributed by atoms with van der Waals surface area (Å²) >= 11 is 0. The second kappa shape index (κ2) is 7.68. The molecule has 4 heteroatoms. The number of carbonyl (C=O) groups is 1. The fraction of sp³-hybridized carbons (Fsp3) is 0.462. The van der Waals surface area contributed by atoms with E-state index in [-0.39, 0.29) is 5.91 Å². The molecule has 4 nitrogen and oxygen atoms in total. The van der Waals surface area contributed by atoms with E-state index >= 15 is 0 Å². The Labute approximate surface area is 102 Å². The van der Waals surface area contributed by atoms with E-state index in [0.717, 1.165) is 17.7 Å². The molecule has 0 bridgehead atoms. The first kappa shape index (κ1) is 13.5. The van der Waals surface area contributed by atoms with Gasteiger partial charge in [-0.1, -0.05) is 12.1 Å². The number of ether oxygens (including phenoxy) is 1. The molecule has 17 heavy (non-hydrogen) atoms. The summed E-state index contributed by atoms with van der Waals surface area (Å²) in [6.07, 6.45) is 1.21. The van der Waals surface area contributed by atoms with Crippen LogP contribution in [0.15, 0.2) is 24.3 Å². The zero-order valence-corrected chi connectivity index (χ0v) is 10.2. The number of hydrogen-bond donors (Lipinski definition) is 2. The summed E-state index contributed by atoms with van der Waals surface area (Å²) in [5.41, 5.74) is 6.33. The lowest BCUT2D eigenvalue weighted by Crippen LogP contribution is -2.27. The van der Waals surface area contributed by atoms with Crippen LogP contribution in [0.4, 0.5) is 0 Å². The molecule has 0 aromatic heterocycles. The monoisotopic (exact) mass is 236 g/mol. The van der Waals surface area contributed by atoms with Crippen LogP contribution in [-0.2, 0) is 11.2 Å². The number of carbonyl (C=O) groups excluding carboxylic acids is 1. The Balaban J connectivity index is 2.37. The summed E-state index contributed by atoms with van der Waals surface area (Å²) in [5, 5.41) is 2.82. The van der Waals surface area contributed by atoms with Crippen molar-refractivity contribution in [2.45, 2.75) is 19.8 Å². The number of nitrogens with one attached hydrogen (secondary N) is 1. The van der Waals surface area contributed by atoms with Crippen molar-refractivity contribution in [3.05, 3.63) is 29.8 Å². The molecule has 0 atom stereocenters. The summed E-state index contributed by atoms with van der Waals surface area (Å²) in [6.45, 7) is 3.84. The molecule has 0 fully saturated rings. The SMILES string of the molecule is CCOc1ccc(CC(=O)NCCCN)cc1. The first-order chi connectivity index (χ1) is 8.26. The van der Waals surface area contributed by atoms with E-state index in [1.165, 1.54) is 0 Å². The molecule has 0 saturated carbocycles. The Morgan fingerprint density at radius 2 is 2.06 bits per heavy atom. The van der Waals surface area contributed by atoms with Gasteiger partial charge in [0.25, 0.3) is 0 Å².